The topological polar surface area (TPSA) is 130 Å². The van der Waals surface area contributed by atoms with E-state index < -0.39 is 41.1 Å². The number of carbonyl (C=O) groups is 4. The highest BCUT2D eigenvalue weighted by Crippen LogP contribution is 2.32. The van der Waals surface area contributed by atoms with Gasteiger partial charge in [-0.3, -0.25) is 9.59 Å². The molecule has 1 heterocycles. The van der Waals surface area contributed by atoms with E-state index in [9.17, 15) is 19.2 Å². The first-order chi connectivity index (χ1) is 18.6. The zero-order valence-electron chi connectivity index (χ0n) is 25.0. The number of piperidine rings is 1. The van der Waals surface area contributed by atoms with Crippen LogP contribution in [0.2, 0.25) is 0 Å². The van der Waals surface area contributed by atoms with Crippen LogP contribution < -0.4 is 10.1 Å². The number of benzene rings is 1. The van der Waals surface area contributed by atoms with Crippen molar-refractivity contribution in [1.29, 1.82) is 0 Å². The molecule has 1 aliphatic heterocycles. The number of hydrogen-bond acceptors (Lipinski definition) is 9. The highest BCUT2D eigenvalue weighted by molar-refractivity contribution is 6.00. The van der Waals surface area contributed by atoms with E-state index in [-0.39, 0.29) is 25.4 Å². The van der Waals surface area contributed by atoms with Gasteiger partial charge < -0.3 is 33.9 Å². The first-order valence-corrected chi connectivity index (χ1v) is 13.6. The molecule has 1 N–H and O–H groups in total. The molecule has 0 spiro atoms. The molecular formula is C29H44N2O9. The summed E-state index contributed by atoms with van der Waals surface area (Å²) in [4.78, 5) is 52.3. The van der Waals surface area contributed by atoms with Crippen LogP contribution in [0, 0.1) is 0 Å². The van der Waals surface area contributed by atoms with Crippen LogP contribution in [0.15, 0.2) is 24.3 Å². The predicted molar refractivity (Wildman–Crippen MR) is 147 cm³/mol. The molecule has 0 unspecified atom stereocenters. The van der Waals surface area contributed by atoms with Crippen LogP contribution >= 0.6 is 0 Å². The molecule has 0 aliphatic carbocycles. The summed E-state index contributed by atoms with van der Waals surface area (Å²) in [5.41, 5.74) is -1.11. The second kappa shape index (κ2) is 13.9. The summed E-state index contributed by atoms with van der Waals surface area (Å²) < 4.78 is 28.2. The molecule has 1 saturated heterocycles. The van der Waals surface area contributed by atoms with Crippen molar-refractivity contribution >= 4 is 23.8 Å². The molecule has 1 atom stereocenters. The van der Waals surface area contributed by atoms with Gasteiger partial charge >= 0.3 is 12.1 Å². The van der Waals surface area contributed by atoms with Gasteiger partial charge in [-0.1, -0.05) is 0 Å². The summed E-state index contributed by atoms with van der Waals surface area (Å²) in [6.07, 6.45) is -0.346. The van der Waals surface area contributed by atoms with Gasteiger partial charge in [0.2, 0.25) is 0 Å². The van der Waals surface area contributed by atoms with Crippen molar-refractivity contribution in [2.75, 3.05) is 33.4 Å². The fraction of sp³-hybridized carbons (Fsp3) is 0.655. The molecule has 40 heavy (non-hydrogen) atoms. The molecule has 2 amide bonds. The van der Waals surface area contributed by atoms with Gasteiger partial charge in [0.05, 0.1) is 24.7 Å². The lowest BCUT2D eigenvalue weighted by Crippen LogP contribution is -2.57. The first kappa shape index (κ1) is 33.0. The number of ketones is 1. The van der Waals surface area contributed by atoms with E-state index in [1.807, 2.05) is 20.8 Å². The molecule has 1 aliphatic rings. The fourth-order valence-corrected chi connectivity index (χ4v) is 4.11. The van der Waals surface area contributed by atoms with Crippen LogP contribution in [0.4, 0.5) is 4.79 Å². The lowest BCUT2D eigenvalue weighted by atomic mass is 9.99. The van der Waals surface area contributed by atoms with Crippen LogP contribution in [0.5, 0.6) is 5.75 Å². The molecule has 1 aromatic rings. The number of nitrogens with zero attached hydrogens (tertiary/aromatic N) is 1. The van der Waals surface area contributed by atoms with Crippen molar-refractivity contribution in [1.82, 2.24) is 10.2 Å². The summed E-state index contributed by atoms with van der Waals surface area (Å²) in [6, 6.07) is 6.22. The Hall–Kier alpha value is -3.18. The Kier molecular flexibility index (Phi) is 11.5. The van der Waals surface area contributed by atoms with E-state index in [1.54, 1.807) is 56.9 Å². The average molecular weight is 565 g/mol. The number of carbonyl (C=O) groups excluding carboxylic acids is 4. The van der Waals surface area contributed by atoms with E-state index in [1.165, 1.54) is 7.05 Å². The molecular weight excluding hydrogens is 520 g/mol. The minimum atomic E-state index is -1.90. The summed E-state index contributed by atoms with van der Waals surface area (Å²) >= 11 is 0. The summed E-state index contributed by atoms with van der Waals surface area (Å²) in [6.45, 7) is 13.2. The van der Waals surface area contributed by atoms with Crippen molar-refractivity contribution in [2.45, 2.75) is 90.8 Å². The fourth-order valence-electron chi connectivity index (χ4n) is 4.11. The summed E-state index contributed by atoms with van der Waals surface area (Å²) in [5, 5.41) is 2.58. The molecule has 0 aromatic heterocycles. The number of likely N-dealkylation sites (tertiary alicyclic amines) is 1. The molecule has 0 radical (unpaired) electrons. The number of likely N-dealkylation sites (N-methyl/N-ethyl adjacent to an activating group) is 1. The van der Waals surface area contributed by atoms with Gasteiger partial charge in [0.15, 0.2) is 12.4 Å². The number of esters is 1. The van der Waals surface area contributed by atoms with E-state index >= 15 is 0 Å². The van der Waals surface area contributed by atoms with Gasteiger partial charge in [-0.15, -0.1) is 0 Å². The Morgan fingerprint density at radius 2 is 1.55 bits per heavy atom. The Labute approximate surface area is 236 Å². The third-order valence-electron chi connectivity index (χ3n) is 5.73. The Morgan fingerprint density at radius 1 is 0.950 bits per heavy atom. The summed E-state index contributed by atoms with van der Waals surface area (Å²) in [5.74, 6) is -2.97. The highest BCUT2D eigenvalue weighted by Gasteiger charge is 2.48. The normalized spacial score (nSPS) is 16.1. The van der Waals surface area contributed by atoms with Crippen molar-refractivity contribution in [3.05, 3.63) is 29.8 Å². The minimum Gasteiger partial charge on any atom is -0.482 e. The third-order valence-corrected chi connectivity index (χ3v) is 5.73. The van der Waals surface area contributed by atoms with Crippen LogP contribution in [0.25, 0.3) is 0 Å². The Bertz CT molecular complexity index is 1020. The van der Waals surface area contributed by atoms with E-state index in [0.29, 0.717) is 37.2 Å². The van der Waals surface area contributed by atoms with Crippen molar-refractivity contribution < 1.29 is 42.9 Å². The number of hydrogen-bond donors (Lipinski definition) is 1. The predicted octanol–water partition coefficient (Wildman–Crippen LogP) is 3.87. The van der Waals surface area contributed by atoms with Crippen molar-refractivity contribution in [3.63, 3.8) is 0 Å². The van der Waals surface area contributed by atoms with Crippen LogP contribution in [-0.2, 0) is 28.5 Å². The lowest BCUT2D eigenvalue weighted by Gasteiger charge is -2.41. The number of rotatable bonds is 11. The van der Waals surface area contributed by atoms with Crippen LogP contribution in [0.1, 0.15) is 78.1 Å². The number of Topliss-reactive ketones (excluding diaryl/α,β-unsaturated/α-hetero) is 1. The Morgan fingerprint density at radius 3 is 2.05 bits per heavy atom. The maximum Gasteiger partial charge on any atom is 0.410 e. The largest absolute Gasteiger partial charge is 0.482 e. The van der Waals surface area contributed by atoms with Gasteiger partial charge in [-0.2, -0.15) is 0 Å². The minimum absolute atomic E-state index is 0.249. The van der Waals surface area contributed by atoms with Crippen molar-refractivity contribution in [2.24, 2.45) is 0 Å². The van der Waals surface area contributed by atoms with E-state index in [4.69, 9.17) is 23.7 Å². The molecule has 224 valence electrons. The van der Waals surface area contributed by atoms with E-state index in [0.717, 1.165) is 0 Å². The number of nitrogens with one attached hydrogen (secondary N) is 1. The molecule has 0 saturated carbocycles. The standard InChI is InChI=1S/C29H44N2O9/c1-9-36-24(33)19-37-21-12-10-20(11-13-21)23(32)18-29(25(34)30-8,40-28(5,6)7)38-22-14-16-31(17-15-22)26(35)39-27(2,3)4/h10-13,22H,9,14-19H2,1-8H3,(H,30,34)/t29-/m0/s1. The number of amides is 2. The molecule has 1 aromatic carbocycles. The maximum absolute atomic E-state index is 13.4. The monoisotopic (exact) mass is 564 g/mol. The zero-order chi connectivity index (χ0) is 30.1. The molecule has 11 nitrogen and oxygen atoms in total. The quantitative estimate of drug-likeness (QED) is 0.242. The SMILES string of the molecule is CCOC(=O)COc1ccc(C(=O)C[C@](OC2CCN(C(=O)OC(C)(C)C)CC2)(OC(C)(C)C)C(=O)NC)cc1. The molecule has 11 heteroatoms. The zero-order valence-corrected chi connectivity index (χ0v) is 25.0. The van der Waals surface area contributed by atoms with Gasteiger partial charge in [0, 0.05) is 25.7 Å². The first-order valence-electron chi connectivity index (χ1n) is 13.6. The third kappa shape index (κ3) is 10.4. The smallest absolute Gasteiger partial charge is 0.410 e. The van der Waals surface area contributed by atoms with E-state index in [2.05, 4.69) is 5.32 Å². The Balaban J connectivity index is 2.19. The summed E-state index contributed by atoms with van der Waals surface area (Å²) in [7, 11) is 1.46. The van der Waals surface area contributed by atoms with Crippen LogP contribution in [-0.4, -0.2) is 85.1 Å². The van der Waals surface area contributed by atoms with Crippen LogP contribution in [0.3, 0.4) is 0 Å². The molecule has 2 rings (SSSR count). The van der Waals surface area contributed by atoms with Gasteiger partial charge in [-0.25, -0.2) is 9.59 Å². The molecule has 0 bridgehead atoms. The number of ether oxygens (including phenoxy) is 5. The maximum atomic E-state index is 13.4. The second-order valence-electron chi connectivity index (χ2n) is 11.5. The lowest BCUT2D eigenvalue weighted by molar-refractivity contribution is -0.281. The van der Waals surface area contributed by atoms with Gasteiger partial charge in [0.1, 0.15) is 11.4 Å². The van der Waals surface area contributed by atoms with Gasteiger partial charge in [0.25, 0.3) is 11.7 Å². The highest BCUT2D eigenvalue weighted by atomic mass is 16.7. The average Bonchev–Trinajstić information content (AvgIpc) is 2.85. The second-order valence-corrected chi connectivity index (χ2v) is 11.5. The molecule has 1 fully saturated rings. The van der Waals surface area contributed by atoms with Crippen molar-refractivity contribution in [3.8, 4) is 5.75 Å². The van der Waals surface area contributed by atoms with Gasteiger partial charge in [-0.05, 0) is 85.6 Å².